The van der Waals surface area contributed by atoms with Gasteiger partial charge in [-0.15, -0.1) is 0 Å². The van der Waals surface area contributed by atoms with E-state index in [9.17, 15) is 10.1 Å². The Kier molecular flexibility index (Phi) is 4.67. The predicted octanol–water partition coefficient (Wildman–Crippen LogP) is 3.18. The molecule has 3 heterocycles. The van der Waals surface area contributed by atoms with E-state index < -0.39 is 0 Å². The minimum absolute atomic E-state index is 0.131. The molecular weight excluding hydrogens is 366 g/mol. The summed E-state index contributed by atoms with van der Waals surface area (Å²) >= 11 is 0. The molecule has 0 radical (unpaired) electrons. The van der Waals surface area contributed by atoms with Crippen molar-refractivity contribution in [3.63, 3.8) is 0 Å². The summed E-state index contributed by atoms with van der Waals surface area (Å²) in [4.78, 5) is 16.5. The van der Waals surface area contributed by atoms with Crippen LogP contribution in [0, 0.1) is 11.3 Å². The van der Waals surface area contributed by atoms with Crippen molar-refractivity contribution < 1.29 is 4.74 Å². The van der Waals surface area contributed by atoms with E-state index in [-0.39, 0.29) is 5.56 Å². The van der Waals surface area contributed by atoms with Crippen LogP contribution in [0.15, 0.2) is 72.2 Å². The van der Waals surface area contributed by atoms with Gasteiger partial charge in [0.15, 0.2) is 0 Å². The molecule has 0 amide bonds. The van der Waals surface area contributed by atoms with Crippen molar-refractivity contribution >= 4 is 0 Å². The molecule has 0 bridgehead atoms. The average molecular weight is 383 g/mol. The summed E-state index contributed by atoms with van der Waals surface area (Å²) < 4.78 is 8.45. The van der Waals surface area contributed by atoms with Crippen LogP contribution in [0.2, 0.25) is 0 Å². The normalized spacial score (nSPS) is 10.5. The number of benzene rings is 1. The van der Waals surface area contributed by atoms with Gasteiger partial charge in [0.1, 0.15) is 11.8 Å². The number of para-hydroxylation sites is 1. The highest BCUT2D eigenvalue weighted by atomic mass is 16.5. The first-order valence-electron chi connectivity index (χ1n) is 8.85. The van der Waals surface area contributed by atoms with Crippen LogP contribution in [0.25, 0.3) is 27.9 Å². The van der Waals surface area contributed by atoms with E-state index >= 15 is 0 Å². The number of rotatable bonds is 4. The molecule has 29 heavy (non-hydrogen) atoms. The summed E-state index contributed by atoms with van der Waals surface area (Å²) in [7, 11) is 3.28. The second-order valence-corrected chi connectivity index (χ2v) is 6.47. The SMILES string of the molecule is COc1cncc(-c2cc(=O)n(C)cc2-c2cnn(-c3ccccc3C#N)c2)c1. The second kappa shape index (κ2) is 7.44. The first kappa shape index (κ1) is 18.2. The molecule has 4 rings (SSSR count). The minimum Gasteiger partial charge on any atom is -0.495 e. The molecule has 3 aromatic heterocycles. The zero-order valence-electron chi connectivity index (χ0n) is 15.9. The molecule has 0 aliphatic heterocycles. The van der Waals surface area contributed by atoms with Crippen LogP contribution in [-0.4, -0.2) is 26.4 Å². The Morgan fingerprint density at radius 2 is 1.86 bits per heavy atom. The third-order valence-electron chi connectivity index (χ3n) is 4.65. The minimum atomic E-state index is -0.131. The molecule has 0 saturated heterocycles. The number of aryl methyl sites for hydroxylation is 1. The number of hydrogen-bond acceptors (Lipinski definition) is 5. The van der Waals surface area contributed by atoms with Crippen molar-refractivity contribution in [2.24, 2.45) is 7.05 Å². The standard InChI is InChI=1S/C22H17N5O2/c1-26-14-20(19(8-22(26)28)16-7-18(29-2)12-24-10-16)17-11-25-27(13-17)21-6-4-3-5-15(21)9-23/h3-8,10-14H,1-2H3. The fourth-order valence-corrected chi connectivity index (χ4v) is 3.14. The maximum atomic E-state index is 12.3. The van der Waals surface area contributed by atoms with Gasteiger partial charge in [0.25, 0.3) is 5.56 Å². The number of ether oxygens (including phenoxy) is 1. The van der Waals surface area contributed by atoms with E-state index in [0.29, 0.717) is 17.0 Å². The topological polar surface area (TPSA) is 85.7 Å². The van der Waals surface area contributed by atoms with Gasteiger partial charge in [-0.2, -0.15) is 10.4 Å². The number of pyridine rings is 2. The number of nitrogens with zero attached hydrogens (tertiary/aromatic N) is 5. The largest absolute Gasteiger partial charge is 0.495 e. The van der Waals surface area contributed by atoms with Gasteiger partial charge >= 0.3 is 0 Å². The summed E-state index contributed by atoms with van der Waals surface area (Å²) in [5, 5.41) is 13.8. The van der Waals surface area contributed by atoms with Crippen molar-refractivity contribution in [1.82, 2.24) is 19.3 Å². The summed E-state index contributed by atoms with van der Waals surface area (Å²) in [5.74, 6) is 0.604. The van der Waals surface area contributed by atoms with E-state index in [1.54, 1.807) is 55.8 Å². The summed E-state index contributed by atoms with van der Waals surface area (Å²) in [6, 6.07) is 12.8. The summed E-state index contributed by atoms with van der Waals surface area (Å²) in [6.07, 6.45) is 8.63. The van der Waals surface area contributed by atoms with Crippen molar-refractivity contribution in [2.75, 3.05) is 7.11 Å². The smallest absolute Gasteiger partial charge is 0.250 e. The lowest BCUT2D eigenvalue weighted by Crippen LogP contribution is -2.15. The molecule has 7 nitrogen and oxygen atoms in total. The van der Waals surface area contributed by atoms with Crippen LogP contribution in [0.4, 0.5) is 0 Å². The average Bonchev–Trinajstić information content (AvgIpc) is 3.25. The highest BCUT2D eigenvalue weighted by Gasteiger charge is 2.14. The van der Waals surface area contributed by atoms with Gasteiger partial charge in [0.05, 0.1) is 30.8 Å². The van der Waals surface area contributed by atoms with E-state index in [1.165, 1.54) is 4.57 Å². The molecule has 0 atom stereocenters. The van der Waals surface area contributed by atoms with Crippen LogP contribution in [0.1, 0.15) is 5.56 Å². The van der Waals surface area contributed by atoms with Crippen molar-refractivity contribution in [1.29, 1.82) is 5.26 Å². The van der Waals surface area contributed by atoms with Gasteiger partial charge in [-0.1, -0.05) is 12.1 Å². The molecule has 0 aliphatic rings. The quantitative estimate of drug-likeness (QED) is 0.540. The number of nitriles is 1. The number of hydrogen-bond donors (Lipinski definition) is 0. The molecule has 0 spiro atoms. The fourth-order valence-electron chi connectivity index (χ4n) is 3.14. The van der Waals surface area contributed by atoms with Crippen LogP contribution < -0.4 is 10.3 Å². The van der Waals surface area contributed by atoms with Crippen molar-refractivity contribution in [2.45, 2.75) is 0 Å². The molecule has 1 aromatic carbocycles. The summed E-state index contributed by atoms with van der Waals surface area (Å²) in [6.45, 7) is 0. The van der Waals surface area contributed by atoms with Gasteiger partial charge < -0.3 is 9.30 Å². The van der Waals surface area contributed by atoms with Gasteiger partial charge in [-0.3, -0.25) is 9.78 Å². The van der Waals surface area contributed by atoms with E-state index in [0.717, 1.165) is 22.3 Å². The van der Waals surface area contributed by atoms with E-state index in [1.807, 2.05) is 30.5 Å². The lowest BCUT2D eigenvalue weighted by atomic mass is 9.99. The predicted molar refractivity (Wildman–Crippen MR) is 109 cm³/mol. The number of aromatic nitrogens is 4. The van der Waals surface area contributed by atoms with E-state index in [2.05, 4.69) is 16.2 Å². The highest BCUT2D eigenvalue weighted by Crippen LogP contribution is 2.32. The Balaban J connectivity index is 1.88. The van der Waals surface area contributed by atoms with Crippen LogP contribution in [0.3, 0.4) is 0 Å². The molecule has 0 unspecified atom stereocenters. The Labute approximate surface area is 167 Å². The van der Waals surface area contributed by atoms with Gasteiger partial charge in [-0.25, -0.2) is 4.68 Å². The molecular formula is C22H17N5O2. The van der Waals surface area contributed by atoms with Gasteiger partial charge in [-0.05, 0) is 23.8 Å². The Hall–Kier alpha value is -4.18. The maximum Gasteiger partial charge on any atom is 0.250 e. The molecule has 0 aliphatic carbocycles. The molecule has 0 N–H and O–H groups in total. The Bertz CT molecular complexity index is 1300. The molecule has 0 saturated carbocycles. The van der Waals surface area contributed by atoms with Gasteiger partial charge in [0.2, 0.25) is 0 Å². The van der Waals surface area contributed by atoms with Crippen molar-refractivity contribution in [3.05, 3.63) is 83.3 Å². The highest BCUT2D eigenvalue weighted by molar-refractivity contribution is 5.82. The van der Waals surface area contributed by atoms with Gasteiger partial charge in [0, 0.05) is 48.4 Å². The third kappa shape index (κ3) is 3.39. The second-order valence-electron chi connectivity index (χ2n) is 6.47. The molecule has 4 aromatic rings. The Morgan fingerprint density at radius 3 is 2.66 bits per heavy atom. The van der Waals surface area contributed by atoms with Crippen LogP contribution in [0.5, 0.6) is 5.75 Å². The summed E-state index contributed by atoms with van der Waals surface area (Å²) in [5.41, 5.74) is 4.22. The lowest BCUT2D eigenvalue weighted by Gasteiger charge is -2.11. The van der Waals surface area contributed by atoms with E-state index in [4.69, 9.17) is 4.74 Å². The number of methoxy groups -OCH3 is 1. The zero-order valence-corrected chi connectivity index (χ0v) is 15.9. The van der Waals surface area contributed by atoms with Crippen LogP contribution >= 0.6 is 0 Å². The third-order valence-corrected chi connectivity index (χ3v) is 4.65. The van der Waals surface area contributed by atoms with Crippen LogP contribution in [-0.2, 0) is 7.05 Å². The molecule has 142 valence electrons. The zero-order chi connectivity index (χ0) is 20.4. The first-order chi connectivity index (χ1) is 14.1. The maximum absolute atomic E-state index is 12.3. The first-order valence-corrected chi connectivity index (χ1v) is 8.85. The molecule has 7 heteroatoms. The van der Waals surface area contributed by atoms with Crippen molar-refractivity contribution in [3.8, 4) is 39.8 Å². The fraction of sp³-hybridized carbons (Fsp3) is 0.0909. The monoisotopic (exact) mass is 383 g/mol. The molecule has 0 fully saturated rings. The lowest BCUT2D eigenvalue weighted by molar-refractivity contribution is 0.413. The Morgan fingerprint density at radius 1 is 1.03 bits per heavy atom.